The molecule has 1 atom stereocenters. The van der Waals surface area contributed by atoms with E-state index in [4.69, 9.17) is 14.6 Å². The van der Waals surface area contributed by atoms with Crippen LogP contribution in [0.2, 0.25) is 0 Å². The molecule has 0 radical (unpaired) electrons. The van der Waals surface area contributed by atoms with Gasteiger partial charge in [0.15, 0.2) is 0 Å². The van der Waals surface area contributed by atoms with Crippen molar-refractivity contribution >= 4 is 10.0 Å². The highest BCUT2D eigenvalue weighted by molar-refractivity contribution is 7.89. The molecule has 0 aliphatic carbocycles. The molecule has 0 spiro atoms. The first kappa shape index (κ1) is 15.9. The van der Waals surface area contributed by atoms with E-state index in [0.717, 1.165) is 12.0 Å². The first-order valence-corrected chi connectivity index (χ1v) is 7.73. The van der Waals surface area contributed by atoms with Crippen molar-refractivity contribution in [1.82, 2.24) is 0 Å². The van der Waals surface area contributed by atoms with E-state index >= 15 is 0 Å². The number of hydrogen-bond acceptors (Lipinski definition) is 4. The fourth-order valence-corrected chi connectivity index (χ4v) is 2.22. The summed E-state index contributed by atoms with van der Waals surface area (Å²) in [6.07, 6.45) is 0.884. The van der Waals surface area contributed by atoms with E-state index in [2.05, 4.69) is 0 Å². The standard InChI is InChI=1S/C13H21NO4S/c1-4-10(2)12-9-11(19(14,15)16)5-6-13(12)18-8-7-17-3/h5-6,9-10H,4,7-8H2,1-3H3,(H2,14,15,16). The summed E-state index contributed by atoms with van der Waals surface area (Å²) in [5, 5.41) is 5.15. The number of hydrogen-bond donors (Lipinski definition) is 1. The van der Waals surface area contributed by atoms with E-state index in [1.165, 1.54) is 6.07 Å². The molecular formula is C13H21NO4S. The Morgan fingerprint density at radius 2 is 2.00 bits per heavy atom. The Kier molecular flexibility index (Phi) is 5.78. The summed E-state index contributed by atoms with van der Waals surface area (Å²) in [5.74, 6) is 0.873. The quantitative estimate of drug-likeness (QED) is 0.776. The van der Waals surface area contributed by atoms with Crippen molar-refractivity contribution in [1.29, 1.82) is 0 Å². The molecule has 19 heavy (non-hydrogen) atoms. The lowest BCUT2D eigenvalue weighted by Crippen LogP contribution is -2.13. The summed E-state index contributed by atoms with van der Waals surface area (Å²) in [6.45, 7) is 4.96. The van der Waals surface area contributed by atoms with Gasteiger partial charge in [0, 0.05) is 7.11 Å². The summed E-state index contributed by atoms with van der Waals surface area (Å²) in [5.41, 5.74) is 0.852. The van der Waals surface area contributed by atoms with Crippen LogP contribution in [0.4, 0.5) is 0 Å². The molecule has 0 aromatic heterocycles. The molecule has 0 saturated carbocycles. The van der Waals surface area contributed by atoms with Gasteiger partial charge in [-0.25, -0.2) is 13.6 Å². The van der Waals surface area contributed by atoms with Crippen LogP contribution in [0, 0.1) is 0 Å². The number of primary sulfonamides is 1. The van der Waals surface area contributed by atoms with Gasteiger partial charge in [-0.15, -0.1) is 0 Å². The molecule has 0 aliphatic heterocycles. The molecule has 0 bridgehead atoms. The zero-order chi connectivity index (χ0) is 14.5. The average Bonchev–Trinajstić information content (AvgIpc) is 2.37. The third-order valence-electron chi connectivity index (χ3n) is 3.00. The van der Waals surface area contributed by atoms with E-state index in [9.17, 15) is 8.42 Å². The number of sulfonamides is 1. The van der Waals surface area contributed by atoms with Crippen LogP contribution in [0.3, 0.4) is 0 Å². The maximum atomic E-state index is 11.4. The SMILES string of the molecule is CCC(C)c1cc(S(N)(=O)=O)ccc1OCCOC. The van der Waals surface area contributed by atoms with Crippen molar-refractivity contribution in [3.05, 3.63) is 23.8 Å². The van der Waals surface area contributed by atoms with Crippen LogP contribution in [0.25, 0.3) is 0 Å². The van der Waals surface area contributed by atoms with Gasteiger partial charge in [0.05, 0.1) is 11.5 Å². The summed E-state index contributed by atoms with van der Waals surface area (Å²) >= 11 is 0. The fraction of sp³-hybridized carbons (Fsp3) is 0.538. The molecule has 0 fully saturated rings. The van der Waals surface area contributed by atoms with Crippen molar-refractivity contribution in [2.45, 2.75) is 31.1 Å². The molecule has 6 heteroatoms. The molecular weight excluding hydrogens is 266 g/mol. The third-order valence-corrected chi connectivity index (χ3v) is 3.91. The van der Waals surface area contributed by atoms with Gasteiger partial charge in [0.25, 0.3) is 0 Å². The zero-order valence-electron chi connectivity index (χ0n) is 11.5. The van der Waals surface area contributed by atoms with E-state index in [-0.39, 0.29) is 10.8 Å². The van der Waals surface area contributed by atoms with Crippen LogP contribution in [0.15, 0.2) is 23.1 Å². The average molecular weight is 287 g/mol. The second-order valence-electron chi connectivity index (χ2n) is 4.40. The van der Waals surface area contributed by atoms with Crippen LogP contribution < -0.4 is 9.88 Å². The highest BCUT2D eigenvalue weighted by Crippen LogP contribution is 2.30. The van der Waals surface area contributed by atoms with E-state index in [1.807, 2.05) is 13.8 Å². The van der Waals surface area contributed by atoms with Gasteiger partial charge >= 0.3 is 0 Å². The normalized spacial score (nSPS) is 13.3. The third kappa shape index (κ3) is 4.49. The number of nitrogens with two attached hydrogens (primary N) is 1. The maximum Gasteiger partial charge on any atom is 0.238 e. The number of methoxy groups -OCH3 is 1. The van der Waals surface area contributed by atoms with Crippen molar-refractivity contribution in [3.8, 4) is 5.75 Å². The van der Waals surface area contributed by atoms with E-state index < -0.39 is 10.0 Å². The predicted octanol–water partition coefficient (Wildman–Crippen LogP) is 1.87. The zero-order valence-corrected chi connectivity index (χ0v) is 12.4. The monoisotopic (exact) mass is 287 g/mol. The molecule has 0 saturated heterocycles. The van der Waals surface area contributed by atoms with Crippen LogP contribution in [0.5, 0.6) is 5.75 Å². The lowest BCUT2D eigenvalue weighted by atomic mass is 9.98. The maximum absolute atomic E-state index is 11.4. The lowest BCUT2D eigenvalue weighted by Gasteiger charge is -2.16. The summed E-state index contributed by atoms with van der Waals surface area (Å²) in [4.78, 5) is 0.113. The Morgan fingerprint density at radius 3 is 2.53 bits per heavy atom. The minimum Gasteiger partial charge on any atom is -0.491 e. The Bertz CT molecular complexity index is 513. The first-order chi connectivity index (χ1) is 8.90. The van der Waals surface area contributed by atoms with Gasteiger partial charge in [-0.1, -0.05) is 13.8 Å². The van der Waals surface area contributed by atoms with Gasteiger partial charge in [-0.3, -0.25) is 0 Å². The van der Waals surface area contributed by atoms with Crippen LogP contribution in [0.1, 0.15) is 31.7 Å². The Hall–Kier alpha value is -1.11. The highest BCUT2D eigenvalue weighted by Gasteiger charge is 2.15. The second-order valence-corrected chi connectivity index (χ2v) is 5.96. The summed E-state index contributed by atoms with van der Waals surface area (Å²) in [7, 11) is -2.09. The largest absolute Gasteiger partial charge is 0.491 e. The molecule has 1 unspecified atom stereocenters. The van der Waals surface area contributed by atoms with Crippen LogP contribution in [-0.2, 0) is 14.8 Å². The molecule has 1 rings (SSSR count). The number of benzene rings is 1. The lowest BCUT2D eigenvalue weighted by molar-refractivity contribution is 0.145. The molecule has 2 N–H and O–H groups in total. The van der Waals surface area contributed by atoms with Crippen LogP contribution >= 0.6 is 0 Å². The minimum absolute atomic E-state index is 0.113. The number of rotatable bonds is 7. The van der Waals surface area contributed by atoms with Gasteiger partial charge < -0.3 is 9.47 Å². The fourth-order valence-electron chi connectivity index (χ4n) is 1.67. The van der Waals surface area contributed by atoms with Crippen molar-refractivity contribution < 1.29 is 17.9 Å². The van der Waals surface area contributed by atoms with Crippen molar-refractivity contribution in [2.75, 3.05) is 20.3 Å². The summed E-state index contributed by atoms with van der Waals surface area (Å²) < 4.78 is 33.3. The predicted molar refractivity (Wildman–Crippen MR) is 73.9 cm³/mol. The molecule has 0 heterocycles. The van der Waals surface area contributed by atoms with Gasteiger partial charge in [-0.05, 0) is 36.1 Å². The molecule has 108 valence electrons. The van der Waals surface area contributed by atoms with E-state index in [0.29, 0.717) is 19.0 Å². The van der Waals surface area contributed by atoms with Gasteiger partial charge in [0.1, 0.15) is 12.4 Å². The van der Waals surface area contributed by atoms with E-state index in [1.54, 1.807) is 19.2 Å². The first-order valence-electron chi connectivity index (χ1n) is 6.18. The topological polar surface area (TPSA) is 78.6 Å². The minimum atomic E-state index is -3.69. The molecule has 1 aromatic carbocycles. The van der Waals surface area contributed by atoms with Crippen molar-refractivity contribution in [3.63, 3.8) is 0 Å². The molecule has 1 aromatic rings. The smallest absolute Gasteiger partial charge is 0.238 e. The Balaban J connectivity index is 3.10. The van der Waals surface area contributed by atoms with Gasteiger partial charge in [0.2, 0.25) is 10.0 Å². The number of ether oxygens (including phenoxy) is 2. The molecule has 5 nitrogen and oxygen atoms in total. The Labute approximate surface area is 114 Å². The second kappa shape index (κ2) is 6.88. The summed E-state index contributed by atoms with van der Waals surface area (Å²) in [6, 6.07) is 4.70. The van der Waals surface area contributed by atoms with Gasteiger partial charge in [-0.2, -0.15) is 0 Å². The Morgan fingerprint density at radius 1 is 1.32 bits per heavy atom. The van der Waals surface area contributed by atoms with Crippen molar-refractivity contribution in [2.24, 2.45) is 5.14 Å². The molecule has 0 amide bonds. The molecule has 0 aliphatic rings. The highest BCUT2D eigenvalue weighted by atomic mass is 32.2. The van der Waals surface area contributed by atoms with Crippen LogP contribution in [-0.4, -0.2) is 28.7 Å².